The lowest BCUT2D eigenvalue weighted by atomic mass is 9.73. The highest BCUT2D eigenvalue weighted by Gasteiger charge is 2.40. The van der Waals surface area contributed by atoms with Crippen LogP contribution in [0.4, 0.5) is 0 Å². The molecule has 4 heteroatoms. The minimum atomic E-state index is -0.0207. The summed E-state index contributed by atoms with van der Waals surface area (Å²) >= 11 is 0. The van der Waals surface area contributed by atoms with Crippen molar-refractivity contribution in [2.75, 3.05) is 28.3 Å². The molecule has 0 heterocycles. The quantitative estimate of drug-likeness (QED) is 0.906. The predicted molar refractivity (Wildman–Crippen MR) is 86.0 cm³/mol. The summed E-state index contributed by atoms with van der Waals surface area (Å²) in [5, 5.41) is 0. The van der Waals surface area contributed by atoms with Crippen molar-refractivity contribution in [1.82, 2.24) is 4.90 Å². The zero-order chi connectivity index (χ0) is 15.5. The van der Waals surface area contributed by atoms with Crippen molar-refractivity contribution >= 4 is 0 Å². The van der Waals surface area contributed by atoms with E-state index >= 15 is 0 Å². The van der Waals surface area contributed by atoms with Crippen LogP contribution in [0.25, 0.3) is 0 Å². The molecule has 1 aliphatic carbocycles. The first kappa shape index (κ1) is 16.1. The largest absolute Gasteiger partial charge is 0.493 e. The first-order chi connectivity index (χ1) is 10.0. The monoisotopic (exact) mass is 292 g/mol. The maximum Gasteiger partial charge on any atom is 0.161 e. The number of nitrogens with two attached hydrogens (primary N) is 1. The zero-order valence-corrected chi connectivity index (χ0v) is 13.7. The van der Waals surface area contributed by atoms with E-state index in [1.54, 1.807) is 14.2 Å². The molecule has 1 fully saturated rings. The van der Waals surface area contributed by atoms with Crippen LogP contribution in [0.1, 0.15) is 43.7 Å². The molecule has 0 aromatic heterocycles. The third-order valence-corrected chi connectivity index (χ3v) is 4.96. The van der Waals surface area contributed by atoms with Crippen molar-refractivity contribution in [3.63, 3.8) is 0 Å². The number of nitrogens with zero attached hydrogens (tertiary/aromatic N) is 1. The summed E-state index contributed by atoms with van der Waals surface area (Å²) in [4.78, 5) is 2.31. The van der Waals surface area contributed by atoms with Crippen molar-refractivity contribution < 1.29 is 9.47 Å². The van der Waals surface area contributed by atoms with Crippen molar-refractivity contribution in [3.8, 4) is 11.5 Å². The lowest BCUT2D eigenvalue weighted by molar-refractivity contribution is 0.0712. The second-order valence-corrected chi connectivity index (χ2v) is 6.15. The van der Waals surface area contributed by atoms with Crippen molar-refractivity contribution in [1.29, 1.82) is 0 Å². The van der Waals surface area contributed by atoms with E-state index in [0.717, 1.165) is 29.9 Å². The number of rotatable bonds is 5. The first-order valence-electron chi connectivity index (χ1n) is 7.70. The van der Waals surface area contributed by atoms with Crippen LogP contribution in [0.2, 0.25) is 0 Å². The highest BCUT2D eigenvalue weighted by Crippen LogP contribution is 2.42. The van der Waals surface area contributed by atoms with Gasteiger partial charge in [-0.15, -0.1) is 0 Å². The molecular formula is C17H28N2O2. The Morgan fingerprint density at radius 2 is 1.67 bits per heavy atom. The topological polar surface area (TPSA) is 47.7 Å². The van der Waals surface area contributed by atoms with E-state index in [1.165, 1.54) is 19.3 Å². The minimum Gasteiger partial charge on any atom is -0.493 e. The zero-order valence-electron chi connectivity index (χ0n) is 13.7. The highest BCUT2D eigenvalue weighted by molar-refractivity contribution is 5.44. The Bertz CT molecular complexity index is 468. The van der Waals surface area contributed by atoms with Gasteiger partial charge in [0.1, 0.15) is 0 Å². The molecule has 2 N–H and O–H groups in total. The molecule has 0 saturated heterocycles. The summed E-state index contributed by atoms with van der Waals surface area (Å²) < 4.78 is 10.7. The van der Waals surface area contributed by atoms with Gasteiger partial charge in [-0.25, -0.2) is 0 Å². The van der Waals surface area contributed by atoms with Crippen LogP contribution in [-0.2, 0) is 0 Å². The SMILES string of the molecule is COc1ccc(C(N)C2(N(C)C)CCCCC2)cc1OC. The molecule has 1 saturated carbocycles. The van der Waals surface area contributed by atoms with Crippen molar-refractivity contribution in [2.45, 2.75) is 43.7 Å². The molecular weight excluding hydrogens is 264 g/mol. The smallest absolute Gasteiger partial charge is 0.161 e. The average molecular weight is 292 g/mol. The molecule has 1 aliphatic rings. The van der Waals surface area contributed by atoms with Gasteiger partial charge in [0.25, 0.3) is 0 Å². The molecule has 21 heavy (non-hydrogen) atoms. The lowest BCUT2D eigenvalue weighted by Crippen LogP contribution is -2.53. The molecule has 118 valence electrons. The maximum atomic E-state index is 6.68. The molecule has 0 amide bonds. The molecule has 0 spiro atoms. The Morgan fingerprint density at radius 3 is 2.19 bits per heavy atom. The van der Waals surface area contributed by atoms with E-state index in [1.807, 2.05) is 12.1 Å². The van der Waals surface area contributed by atoms with Crippen molar-refractivity contribution in [2.24, 2.45) is 5.73 Å². The fourth-order valence-electron chi connectivity index (χ4n) is 3.56. The van der Waals surface area contributed by atoms with Gasteiger partial charge in [0, 0.05) is 11.6 Å². The number of likely N-dealkylation sites (N-methyl/N-ethyl adjacent to an activating group) is 1. The van der Waals surface area contributed by atoms with Gasteiger partial charge < -0.3 is 20.1 Å². The van der Waals surface area contributed by atoms with Gasteiger partial charge in [-0.3, -0.25) is 0 Å². The van der Waals surface area contributed by atoms with Gasteiger partial charge in [-0.2, -0.15) is 0 Å². The summed E-state index contributed by atoms with van der Waals surface area (Å²) in [5.74, 6) is 1.49. The van der Waals surface area contributed by atoms with Crippen LogP contribution in [0, 0.1) is 0 Å². The highest BCUT2D eigenvalue weighted by atomic mass is 16.5. The molecule has 4 nitrogen and oxygen atoms in total. The van der Waals surface area contributed by atoms with Crippen LogP contribution in [0.5, 0.6) is 11.5 Å². The molecule has 1 unspecified atom stereocenters. The number of hydrogen-bond acceptors (Lipinski definition) is 4. The Hall–Kier alpha value is -1.26. The number of hydrogen-bond donors (Lipinski definition) is 1. The Kier molecular flexibility index (Phi) is 5.12. The minimum absolute atomic E-state index is 0.0207. The fourth-order valence-corrected chi connectivity index (χ4v) is 3.56. The van der Waals surface area contributed by atoms with Gasteiger partial charge in [0.05, 0.1) is 14.2 Å². The van der Waals surface area contributed by atoms with Gasteiger partial charge in [0.2, 0.25) is 0 Å². The van der Waals surface area contributed by atoms with Crippen LogP contribution >= 0.6 is 0 Å². The second kappa shape index (κ2) is 6.67. The molecule has 0 bridgehead atoms. The van der Waals surface area contributed by atoms with Crippen LogP contribution in [-0.4, -0.2) is 38.8 Å². The molecule has 0 aliphatic heterocycles. The van der Waals surface area contributed by atoms with E-state index < -0.39 is 0 Å². The normalized spacial score (nSPS) is 19.3. The summed E-state index contributed by atoms with van der Waals surface area (Å²) in [6.45, 7) is 0. The lowest BCUT2D eigenvalue weighted by Gasteiger charge is -2.47. The summed E-state index contributed by atoms with van der Waals surface area (Å²) in [6.07, 6.45) is 6.11. The molecule has 1 aromatic rings. The van der Waals surface area contributed by atoms with Gasteiger partial charge in [0.15, 0.2) is 11.5 Å². The summed E-state index contributed by atoms with van der Waals surface area (Å²) in [6, 6.07) is 6.00. The third kappa shape index (κ3) is 3.01. The van der Waals surface area contributed by atoms with Crippen molar-refractivity contribution in [3.05, 3.63) is 23.8 Å². The third-order valence-electron chi connectivity index (χ3n) is 4.96. The number of benzene rings is 1. The maximum absolute atomic E-state index is 6.68. The molecule has 1 atom stereocenters. The van der Waals surface area contributed by atoms with Gasteiger partial charge in [-0.05, 0) is 44.6 Å². The number of methoxy groups -OCH3 is 2. The van der Waals surface area contributed by atoms with E-state index in [4.69, 9.17) is 15.2 Å². The Labute approximate surface area is 128 Å². The van der Waals surface area contributed by atoms with Crippen LogP contribution in [0.3, 0.4) is 0 Å². The standard InChI is InChI=1S/C17H28N2O2/c1-19(2)17(10-6-5-7-11-17)16(18)13-8-9-14(20-3)15(12-13)21-4/h8-9,12,16H,5-7,10-11,18H2,1-4H3. The van der Waals surface area contributed by atoms with Crippen LogP contribution < -0.4 is 15.2 Å². The molecule has 0 radical (unpaired) electrons. The first-order valence-corrected chi connectivity index (χ1v) is 7.70. The van der Waals surface area contributed by atoms with E-state index in [0.29, 0.717) is 0 Å². The summed E-state index contributed by atoms with van der Waals surface area (Å²) in [7, 11) is 7.60. The van der Waals surface area contributed by atoms with Gasteiger partial charge in [-0.1, -0.05) is 25.3 Å². The van der Waals surface area contributed by atoms with E-state index in [2.05, 4.69) is 25.1 Å². The predicted octanol–water partition coefficient (Wildman–Crippen LogP) is 2.97. The average Bonchev–Trinajstić information content (AvgIpc) is 2.53. The second-order valence-electron chi connectivity index (χ2n) is 6.15. The van der Waals surface area contributed by atoms with E-state index in [9.17, 15) is 0 Å². The van der Waals surface area contributed by atoms with E-state index in [-0.39, 0.29) is 11.6 Å². The Morgan fingerprint density at radius 1 is 1.05 bits per heavy atom. The molecule has 1 aromatic carbocycles. The fraction of sp³-hybridized carbons (Fsp3) is 0.647. The number of ether oxygens (including phenoxy) is 2. The Balaban J connectivity index is 2.34. The summed E-state index contributed by atoms with van der Waals surface area (Å²) in [5.41, 5.74) is 7.84. The van der Waals surface area contributed by atoms with Gasteiger partial charge >= 0.3 is 0 Å². The molecule has 2 rings (SSSR count). The van der Waals surface area contributed by atoms with Crippen LogP contribution in [0.15, 0.2) is 18.2 Å².